The number of pyridine rings is 1. The minimum absolute atomic E-state index is 0.221. The van der Waals surface area contributed by atoms with Gasteiger partial charge in [-0.25, -0.2) is 4.98 Å². The van der Waals surface area contributed by atoms with Crippen LogP contribution in [0, 0.1) is 0 Å². The molecule has 0 atom stereocenters. The van der Waals surface area contributed by atoms with Crippen LogP contribution in [0.5, 0.6) is 0 Å². The Morgan fingerprint density at radius 3 is 2.63 bits per heavy atom. The summed E-state index contributed by atoms with van der Waals surface area (Å²) < 4.78 is 3.09. The second kappa shape index (κ2) is 8.07. The first-order valence-electron chi connectivity index (χ1n) is 9.26. The molecule has 0 bridgehead atoms. The zero-order chi connectivity index (χ0) is 21.1. The van der Waals surface area contributed by atoms with Gasteiger partial charge in [0.25, 0.3) is 5.56 Å². The van der Waals surface area contributed by atoms with Gasteiger partial charge in [0.05, 0.1) is 17.5 Å². The number of para-hydroxylation sites is 1. The van der Waals surface area contributed by atoms with Gasteiger partial charge in [0.2, 0.25) is 5.16 Å². The first-order chi connectivity index (χ1) is 14.4. The lowest BCUT2D eigenvalue weighted by molar-refractivity contribution is 0.442. The summed E-state index contributed by atoms with van der Waals surface area (Å²) in [6.45, 7) is 5.96. The Morgan fingerprint density at radius 2 is 1.87 bits per heavy atom. The van der Waals surface area contributed by atoms with E-state index in [1.54, 1.807) is 23.0 Å². The fourth-order valence-electron chi connectivity index (χ4n) is 2.62. The molecule has 0 fully saturated rings. The zero-order valence-corrected chi connectivity index (χ0v) is 17.5. The van der Waals surface area contributed by atoms with Crippen molar-refractivity contribution < 1.29 is 0 Å². The van der Waals surface area contributed by atoms with Crippen molar-refractivity contribution in [3.05, 3.63) is 70.6 Å². The highest BCUT2D eigenvalue weighted by molar-refractivity contribution is 7.99. The van der Waals surface area contributed by atoms with E-state index in [0.29, 0.717) is 21.4 Å². The standard InChI is InChI=1S/C20H20N8OS/c1-20(2,3)24-21-13-15-17(22-16-11-7-8-12-27(16)18(15)29)30-19-23-25-26-28(19)14-9-5-4-6-10-14/h4-13,24H,1-3H3. The van der Waals surface area contributed by atoms with Crippen molar-refractivity contribution in [1.82, 2.24) is 35.0 Å². The molecule has 0 radical (unpaired) electrons. The maximum Gasteiger partial charge on any atom is 0.267 e. The molecular formula is C20H20N8OS. The fourth-order valence-corrected chi connectivity index (χ4v) is 3.49. The molecule has 0 amide bonds. The number of hydrogen-bond acceptors (Lipinski definition) is 8. The van der Waals surface area contributed by atoms with Crippen LogP contribution in [0.25, 0.3) is 11.3 Å². The van der Waals surface area contributed by atoms with Crippen LogP contribution < -0.4 is 11.0 Å². The predicted molar refractivity (Wildman–Crippen MR) is 115 cm³/mol. The van der Waals surface area contributed by atoms with Crippen LogP contribution in [0.1, 0.15) is 26.3 Å². The highest BCUT2D eigenvalue weighted by Crippen LogP contribution is 2.27. The van der Waals surface area contributed by atoms with E-state index in [1.165, 1.54) is 22.4 Å². The van der Waals surface area contributed by atoms with Crippen molar-refractivity contribution in [2.24, 2.45) is 5.10 Å². The number of tetrazole rings is 1. The van der Waals surface area contributed by atoms with Gasteiger partial charge in [-0.3, -0.25) is 9.20 Å². The Balaban J connectivity index is 1.80. The molecule has 3 aromatic heterocycles. The quantitative estimate of drug-likeness (QED) is 0.301. The van der Waals surface area contributed by atoms with E-state index in [-0.39, 0.29) is 11.1 Å². The highest BCUT2D eigenvalue weighted by atomic mass is 32.2. The van der Waals surface area contributed by atoms with Crippen LogP contribution in [0.3, 0.4) is 0 Å². The fraction of sp³-hybridized carbons (Fsp3) is 0.200. The third-order valence-electron chi connectivity index (χ3n) is 3.96. The number of rotatable bonds is 5. The Morgan fingerprint density at radius 1 is 1.10 bits per heavy atom. The smallest absolute Gasteiger partial charge is 0.267 e. The van der Waals surface area contributed by atoms with Crippen molar-refractivity contribution in [2.75, 3.05) is 0 Å². The Kier molecular flexibility index (Phi) is 5.32. The van der Waals surface area contributed by atoms with Gasteiger partial charge in [-0.05, 0) is 67.2 Å². The molecule has 0 saturated carbocycles. The number of nitrogens with zero attached hydrogens (tertiary/aromatic N) is 7. The van der Waals surface area contributed by atoms with Gasteiger partial charge in [-0.1, -0.05) is 24.3 Å². The average Bonchev–Trinajstić information content (AvgIpc) is 3.18. The molecule has 4 aromatic rings. The molecule has 4 rings (SSSR count). The summed E-state index contributed by atoms with van der Waals surface area (Å²) >= 11 is 1.21. The molecule has 0 spiro atoms. The van der Waals surface area contributed by atoms with Gasteiger partial charge in [-0.15, -0.1) is 5.10 Å². The number of aromatic nitrogens is 6. The molecule has 0 aliphatic rings. The summed E-state index contributed by atoms with van der Waals surface area (Å²) in [5, 5.41) is 17.2. The van der Waals surface area contributed by atoms with E-state index in [9.17, 15) is 4.79 Å². The largest absolute Gasteiger partial charge is 0.305 e. The van der Waals surface area contributed by atoms with Gasteiger partial charge in [0.15, 0.2) is 0 Å². The van der Waals surface area contributed by atoms with Gasteiger partial charge >= 0.3 is 0 Å². The number of hydrogen-bond donors (Lipinski definition) is 1. The van der Waals surface area contributed by atoms with Crippen LogP contribution in [0.4, 0.5) is 0 Å². The summed E-state index contributed by atoms with van der Waals surface area (Å²) in [6, 6.07) is 14.9. The first kappa shape index (κ1) is 19.8. The second-order valence-electron chi connectivity index (χ2n) is 7.50. The number of benzene rings is 1. The van der Waals surface area contributed by atoms with Crippen LogP contribution in [-0.4, -0.2) is 41.3 Å². The third-order valence-corrected chi connectivity index (χ3v) is 4.90. The van der Waals surface area contributed by atoms with Crippen molar-refractivity contribution in [3.63, 3.8) is 0 Å². The summed E-state index contributed by atoms with van der Waals surface area (Å²) in [5.74, 6) is 0. The Hall–Kier alpha value is -3.53. The summed E-state index contributed by atoms with van der Waals surface area (Å²) in [5.41, 5.74) is 4.25. The topological polar surface area (TPSA) is 102 Å². The summed E-state index contributed by atoms with van der Waals surface area (Å²) in [6.07, 6.45) is 3.18. The number of nitrogens with one attached hydrogen (secondary N) is 1. The van der Waals surface area contributed by atoms with E-state index < -0.39 is 0 Å². The van der Waals surface area contributed by atoms with E-state index in [1.807, 2.05) is 57.2 Å². The Labute approximate surface area is 176 Å². The van der Waals surface area contributed by atoms with Crippen molar-refractivity contribution in [2.45, 2.75) is 36.5 Å². The van der Waals surface area contributed by atoms with E-state index in [0.717, 1.165) is 5.69 Å². The van der Waals surface area contributed by atoms with Crippen LogP contribution in [0.2, 0.25) is 0 Å². The van der Waals surface area contributed by atoms with Gasteiger partial charge < -0.3 is 5.43 Å². The average molecular weight is 421 g/mol. The van der Waals surface area contributed by atoms with E-state index in [4.69, 9.17) is 0 Å². The van der Waals surface area contributed by atoms with Gasteiger partial charge in [-0.2, -0.15) is 9.78 Å². The molecule has 9 nitrogen and oxygen atoms in total. The lowest BCUT2D eigenvalue weighted by Gasteiger charge is -2.17. The normalized spacial score (nSPS) is 12.0. The molecular weight excluding hydrogens is 400 g/mol. The number of fused-ring (bicyclic) bond motifs is 1. The van der Waals surface area contributed by atoms with Crippen molar-refractivity contribution >= 4 is 23.6 Å². The molecule has 0 unspecified atom stereocenters. The molecule has 3 heterocycles. The maximum absolute atomic E-state index is 13.1. The van der Waals surface area contributed by atoms with Crippen LogP contribution in [-0.2, 0) is 0 Å². The molecule has 0 saturated heterocycles. The lowest BCUT2D eigenvalue weighted by Crippen LogP contribution is -2.31. The van der Waals surface area contributed by atoms with Crippen molar-refractivity contribution in [3.8, 4) is 5.69 Å². The van der Waals surface area contributed by atoms with Crippen LogP contribution in [0.15, 0.2) is 74.8 Å². The van der Waals surface area contributed by atoms with Crippen molar-refractivity contribution in [1.29, 1.82) is 0 Å². The summed E-state index contributed by atoms with van der Waals surface area (Å²) in [4.78, 5) is 17.8. The second-order valence-corrected chi connectivity index (χ2v) is 8.45. The molecule has 152 valence electrons. The molecule has 1 aromatic carbocycles. The zero-order valence-electron chi connectivity index (χ0n) is 16.7. The maximum atomic E-state index is 13.1. The predicted octanol–water partition coefficient (Wildman–Crippen LogP) is 2.54. The molecule has 1 N–H and O–H groups in total. The number of hydrazone groups is 1. The van der Waals surface area contributed by atoms with Crippen LogP contribution >= 0.6 is 11.8 Å². The molecule has 0 aliphatic carbocycles. The van der Waals surface area contributed by atoms with E-state index >= 15 is 0 Å². The minimum atomic E-state index is -0.234. The summed E-state index contributed by atoms with van der Waals surface area (Å²) in [7, 11) is 0. The molecule has 30 heavy (non-hydrogen) atoms. The van der Waals surface area contributed by atoms with Gasteiger partial charge in [0, 0.05) is 11.7 Å². The Bertz CT molecular complexity index is 1260. The SMILES string of the molecule is CC(C)(C)NN=Cc1c(Sc2nnnn2-c2ccccc2)nc2ccccn2c1=O. The highest BCUT2D eigenvalue weighted by Gasteiger charge is 2.17. The van der Waals surface area contributed by atoms with E-state index in [2.05, 4.69) is 31.0 Å². The molecule has 10 heteroatoms. The molecule has 0 aliphatic heterocycles. The third kappa shape index (κ3) is 4.23. The first-order valence-corrected chi connectivity index (χ1v) is 10.1. The monoisotopic (exact) mass is 420 g/mol. The lowest BCUT2D eigenvalue weighted by atomic mass is 10.1. The van der Waals surface area contributed by atoms with Gasteiger partial charge in [0.1, 0.15) is 10.7 Å². The minimum Gasteiger partial charge on any atom is -0.305 e.